The van der Waals surface area contributed by atoms with Crippen molar-refractivity contribution in [2.24, 2.45) is 0 Å². The minimum Gasteiger partial charge on any atom is -0.375 e. The molecule has 2 saturated heterocycles. The molecule has 0 aliphatic carbocycles. The van der Waals surface area contributed by atoms with Crippen LogP contribution in [0.3, 0.4) is 0 Å². The Morgan fingerprint density at radius 1 is 1.25 bits per heavy atom. The third-order valence-electron chi connectivity index (χ3n) is 3.04. The van der Waals surface area contributed by atoms with Crippen LogP contribution < -0.4 is 0 Å². The van der Waals surface area contributed by atoms with Crippen LogP contribution in [0.4, 0.5) is 0 Å². The first-order valence-corrected chi connectivity index (χ1v) is 4.68. The van der Waals surface area contributed by atoms with Gasteiger partial charge in [0, 0.05) is 19.7 Å². The number of ether oxygens (including phenoxy) is 1. The minimum absolute atomic E-state index is 0.152. The number of hydrogen-bond acceptors (Lipinski definition) is 2. The molecule has 2 heterocycles. The molecule has 68 valence electrons. The van der Waals surface area contributed by atoms with E-state index in [0.29, 0.717) is 0 Å². The lowest BCUT2D eigenvalue weighted by atomic mass is 9.89. The predicted octanol–water partition coefficient (Wildman–Crippen LogP) is 0.788. The summed E-state index contributed by atoms with van der Waals surface area (Å²) in [5, 5.41) is 0. The number of piperidine rings is 1. The van der Waals surface area contributed by atoms with E-state index in [1.165, 1.54) is 12.8 Å². The Morgan fingerprint density at radius 2 is 2.00 bits per heavy atom. The molecule has 1 spiro atoms. The topological polar surface area (TPSA) is 29.5 Å². The zero-order valence-corrected chi connectivity index (χ0v) is 7.29. The van der Waals surface area contributed by atoms with Crippen LogP contribution in [0.15, 0.2) is 0 Å². The maximum atomic E-state index is 10.4. The molecule has 3 nitrogen and oxygen atoms in total. The third kappa shape index (κ3) is 1.33. The van der Waals surface area contributed by atoms with Crippen LogP contribution >= 0.6 is 0 Å². The Kier molecular flexibility index (Phi) is 2.05. The molecule has 2 aliphatic rings. The molecule has 2 rings (SSSR count). The van der Waals surface area contributed by atoms with Crippen LogP contribution in [0.5, 0.6) is 0 Å². The van der Waals surface area contributed by atoms with Gasteiger partial charge in [-0.15, -0.1) is 0 Å². The van der Waals surface area contributed by atoms with Gasteiger partial charge in [0.1, 0.15) is 0 Å². The summed E-state index contributed by atoms with van der Waals surface area (Å²) >= 11 is 0. The van der Waals surface area contributed by atoms with E-state index in [9.17, 15) is 4.79 Å². The smallest absolute Gasteiger partial charge is 0.209 e. The second-order valence-electron chi connectivity index (χ2n) is 3.78. The molecule has 0 bridgehead atoms. The maximum Gasteiger partial charge on any atom is 0.209 e. The highest BCUT2D eigenvalue weighted by atomic mass is 16.5. The summed E-state index contributed by atoms with van der Waals surface area (Å²) < 4.78 is 5.73. The molecular formula is C9H15NO2. The molecule has 0 atom stereocenters. The highest BCUT2D eigenvalue weighted by Gasteiger charge is 2.37. The molecule has 1 amide bonds. The maximum absolute atomic E-state index is 10.4. The van der Waals surface area contributed by atoms with Crippen molar-refractivity contribution in [3.8, 4) is 0 Å². The minimum atomic E-state index is 0.152. The lowest BCUT2D eigenvalue weighted by molar-refractivity contribution is -0.122. The molecule has 0 unspecified atom stereocenters. The quantitative estimate of drug-likeness (QED) is 0.543. The van der Waals surface area contributed by atoms with Crippen molar-refractivity contribution in [2.45, 2.75) is 31.3 Å². The van der Waals surface area contributed by atoms with Crippen LogP contribution in [0.2, 0.25) is 0 Å². The van der Waals surface area contributed by atoms with Crippen molar-refractivity contribution >= 4 is 6.41 Å². The van der Waals surface area contributed by atoms with Crippen LogP contribution in [0.25, 0.3) is 0 Å². The normalized spacial score (nSPS) is 27.8. The van der Waals surface area contributed by atoms with Gasteiger partial charge in [0.25, 0.3) is 0 Å². The summed E-state index contributed by atoms with van der Waals surface area (Å²) in [6, 6.07) is 0. The number of rotatable bonds is 1. The number of hydrogen-bond donors (Lipinski definition) is 0. The van der Waals surface area contributed by atoms with Crippen LogP contribution in [-0.2, 0) is 9.53 Å². The second kappa shape index (κ2) is 3.05. The van der Waals surface area contributed by atoms with Gasteiger partial charge in [-0.05, 0) is 25.7 Å². The van der Waals surface area contributed by atoms with E-state index in [2.05, 4.69) is 0 Å². The van der Waals surface area contributed by atoms with Gasteiger partial charge >= 0.3 is 0 Å². The molecule has 12 heavy (non-hydrogen) atoms. The Labute approximate surface area is 72.7 Å². The Balaban J connectivity index is 1.92. The van der Waals surface area contributed by atoms with Gasteiger partial charge in [0.05, 0.1) is 5.60 Å². The lowest BCUT2D eigenvalue weighted by Crippen LogP contribution is -2.43. The zero-order valence-electron chi connectivity index (χ0n) is 7.29. The molecule has 0 saturated carbocycles. The summed E-state index contributed by atoms with van der Waals surface area (Å²) in [5.41, 5.74) is 0.152. The van der Waals surface area contributed by atoms with Gasteiger partial charge in [0.15, 0.2) is 0 Å². The van der Waals surface area contributed by atoms with E-state index in [0.717, 1.165) is 38.9 Å². The van der Waals surface area contributed by atoms with E-state index in [-0.39, 0.29) is 5.60 Å². The van der Waals surface area contributed by atoms with Crippen LogP contribution in [-0.4, -0.2) is 36.6 Å². The Hall–Kier alpha value is -0.570. The fraction of sp³-hybridized carbons (Fsp3) is 0.889. The molecule has 0 aromatic heterocycles. The standard InChI is InChI=1S/C9H15NO2/c11-8-10-5-3-9(4-6-10)2-1-7-12-9/h8H,1-7H2. The van der Waals surface area contributed by atoms with Gasteiger partial charge in [-0.2, -0.15) is 0 Å². The first-order chi connectivity index (χ1) is 5.85. The average molecular weight is 169 g/mol. The van der Waals surface area contributed by atoms with E-state index in [1.807, 2.05) is 4.90 Å². The fourth-order valence-corrected chi connectivity index (χ4v) is 2.19. The Bertz CT molecular complexity index is 165. The second-order valence-corrected chi connectivity index (χ2v) is 3.78. The summed E-state index contributed by atoms with van der Waals surface area (Å²) in [7, 11) is 0. The highest BCUT2D eigenvalue weighted by Crippen LogP contribution is 2.35. The number of likely N-dealkylation sites (tertiary alicyclic amines) is 1. The van der Waals surface area contributed by atoms with E-state index < -0.39 is 0 Å². The first kappa shape index (κ1) is 8.05. The fourth-order valence-electron chi connectivity index (χ4n) is 2.19. The number of carbonyl (C=O) groups excluding carboxylic acids is 1. The molecule has 3 heteroatoms. The summed E-state index contributed by atoms with van der Waals surface area (Å²) in [5.74, 6) is 0. The van der Waals surface area contributed by atoms with Crippen molar-refractivity contribution in [2.75, 3.05) is 19.7 Å². The van der Waals surface area contributed by atoms with Gasteiger partial charge in [-0.25, -0.2) is 0 Å². The molecule has 0 N–H and O–H groups in total. The molecule has 0 aromatic rings. The van der Waals surface area contributed by atoms with Gasteiger partial charge in [-0.3, -0.25) is 4.79 Å². The lowest BCUT2D eigenvalue weighted by Gasteiger charge is -2.36. The van der Waals surface area contributed by atoms with Gasteiger partial charge in [-0.1, -0.05) is 0 Å². The van der Waals surface area contributed by atoms with Crippen molar-refractivity contribution in [1.82, 2.24) is 4.90 Å². The molecule has 2 aliphatic heterocycles. The van der Waals surface area contributed by atoms with E-state index in [1.54, 1.807) is 0 Å². The average Bonchev–Trinajstić information content (AvgIpc) is 2.55. The largest absolute Gasteiger partial charge is 0.375 e. The summed E-state index contributed by atoms with van der Waals surface area (Å²) in [6.07, 6.45) is 5.40. The number of carbonyl (C=O) groups is 1. The van der Waals surface area contributed by atoms with Crippen LogP contribution in [0.1, 0.15) is 25.7 Å². The van der Waals surface area contributed by atoms with E-state index in [4.69, 9.17) is 4.74 Å². The third-order valence-corrected chi connectivity index (χ3v) is 3.04. The Morgan fingerprint density at radius 3 is 2.50 bits per heavy atom. The molecule has 0 aromatic carbocycles. The van der Waals surface area contributed by atoms with Gasteiger partial charge in [0.2, 0.25) is 6.41 Å². The molecular weight excluding hydrogens is 154 g/mol. The predicted molar refractivity (Wildman–Crippen MR) is 44.8 cm³/mol. The van der Waals surface area contributed by atoms with Crippen molar-refractivity contribution in [1.29, 1.82) is 0 Å². The first-order valence-electron chi connectivity index (χ1n) is 4.68. The summed E-state index contributed by atoms with van der Waals surface area (Å²) in [4.78, 5) is 12.3. The molecule has 2 fully saturated rings. The zero-order chi connectivity index (χ0) is 8.44. The van der Waals surface area contributed by atoms with E-state index >= 15 is 0 Å². The number of amides is 1. The monoisotopic (exact) mass is 169 g/mol. The van der Waals surface area contributed by atoms with Crippen molar-refractivity contribution in [3.63, 3.8) is 0 Å². The SMILES string of the molecule is O=CN1CCC2(CCCO2)CC1. The van der Waals surface area contributed by atoms with Crippen LogP contribution in [0, 0.1) is 0 Å². The number of nitrogens with zero attached hydrogens (tertiary/aromatic N) is 1. The summed E-state index contributed by atoms with van der Waals surface area (Å²) in [6.45, 7) is 2.67. The van der Waals surface area contributed by atoms with Crippen molar-refractivity contribution < 1.29 is 9.53 Å². The molecule has 0 radical (unpaired) electrons. The highest BCUT2D eigenvalue weighted by molar-refractivity contribution is 5.47. The van der Waals surface area contributed by atoms with Gasteiger partial charge < -0.3 is 9.64 Å². The van der Waals surface area contributed by atoms with Crippen molar-refractivity contribution in [3.05, 3.63) is 0 Å².